The fourth-order valence-electron chi connectivity index (χ4n) is 5.05. The van der Waals surface area contributed by atoms with E-state index in [1.165, 1.54) is 96.3 Å². The monoisotopic (exact) mass is 619 g/mol. The molecule has 0 aromatic rings. The average Bonchev–Trinajstić information content (AvgIpc) is 3.02. The number of aliphatic hydroxyl groups is 1. The van der Waals surface area contributed by atoms with Crippen molar-refractivity contribution >= 4 is 11.9 Å². The molecule has 0 heterocycles. The molecule has 1 unspecified atom stereocenters. The molecule has 0 rings (SSSR count). The van der Waals surface area contributed by atoms with Crippen LogP contribution >= 0.6 is 0 Å². The highest BCUT2D eigenvalue weighted by molar-refractivity contribution is 5.70. The molecule has 1 N–H and O–H groups in total. The van der Waals surface area contributed by atoms with E-state index in [0.717, 1.165) is 57.8 Å². The van der Waals surface area contributed by atoms with Crippen molar-refractivity contribution in [1.29, 1.82) is 0 Å². The summed E-state index contributed by atoms with van der Waals surface area (Å²) in [5.41, 5.74) is 0. The zero-order valence-electron chi connectivity index (χ0n) is 28.9. The van der Waals surface area contributed by atoms with Gasteiger partial charge in [0.05, 0.1) is 6.61 Å². The van der Waals surface area contributed by atoms with Gasteiger partial charge in [0.1, 0.15) is 6.61 Å². The largest absolute Gasteiger partial charge is 0.462 e. The number of carbonyl (C=O) groups is 2. The van der Waals surface area contributed by atoms with E-state index < -0.39 is 6.10 Å². The Morgan fingerprint density at radius 1 is 0.523 bits per heavy atom. The van der Waals surface area contributed by atoms with Crippen LogP contribution in [0.1, 0.15) is 181 Å². The molecule has 0 aliphatic rings. The molecule has 0 aromatic carbocycles. The van der Waals surface area contributed by atoms with Crippen molar-refractivity contribution in [3.8, 4) is 0 Å². The second-order valence-corrected chi connectivity index (χ2v) is 12.3. The molecule has 1 atom stereocenters. The lowest BCUT2D eigenvalue weighted by atomic mass is 10.1. The Morgan fingerprint density at radius 3 is 1.39 bits per heavy atom. The summed E-state index contributed by atoms with van der Waals surface area (Å²) in [6, 6.07) is 0. The SMILES string of the molecule is CCCCCC/C=C\C/C=C\CCCCCCCC(=O)OC(CO)COC(=O)CCCCCCC/C=C\CCCCCCC. The summed E-state index contributed by atoms with van der Waals surface area (Å²) >= 11 is 0. The van der Waals surface area contributed by atoms with E-state index in [2.05, 4.69) is 50.3 Å². The van der Waals surface area contributed by atoms with E-state index in [1.54, 1.807) is 0 Å². The minimum atomic E-state index is -0.779. The molecule has 0 aliphatic carbocycles. The molecule has 0 saturated heterocycles. The molecule has 0 aliphatic heterocycles. The maximum Gasteiger partial charge on any atom is 0.306 e. The smallest absolute Gasteiger partial charge is 0.306 e. The molecule has 0 aromatic heterocycles. The van der Waals surface area contributed by atoms with Gasteiger partial charge in [-0.2, -0.15) is 0 Å². The zero-order chi connectivity index (χ0) is 32.2. The molecule has 0 bridgehead atoms. The summed E-state index contributed by atoms with van der Waals surface area (Å²) in [5.74, 6) is -0.617. The molecular weight excluding hydrogens is 548 g/mol. The molecular formula is C39H70O5. The number of rotatable bonds is 33. The maximum absolute atomic E-state index is 12.1. The van der Waals surface area contributed by atoms with Gasteiger partial charge in [-0.3, -0.25) is 9.59 Å². The molecule has 5 nitrogen and oxygen atoms in total. The van der Waals surface area contributed by atoms with Crippen LogP contribution < -0.4 is 0 Å². The van der Waals surface area contributed by atoms with Crippen LogP contribution in [0.4, 0.5) is 0 Å². The first-order valence-electron chi connectivity index (χ1n) is 18.5. The number of allylic oxidation sites excluding steroid dienone is 6. The van der Waals surface area contributed by atoms with Crippen LogP contribution in [-0.4, -0.2) is 36.4 Å². The predicted octanol–water partition coefficient (Wildman–Crippen LogP) is 11.3. The van der Waals surface area contributed by atoms with Crippen molar-refractivity contribution in [3.63, 3.8) is 0 Å². The van der Waals surface area contributed by atoms with Gasteiger partial charge in [-0.1, -0.05) is 134 Å². The lowest BCUT2D eigenvalue weighted by molar-refractivity contribution is -0.161. The number of esters is 2. The Kier molecular flexibility index (Phi) is 34.1. The Bertz CT molecular complexity index is 711. The highest BCUT2D eigenvalue weighted by Crippen LogP contribution is 2.12. The van der Waals surface area contributed by atoms with Crippen LogP contribution in [0.3, 0.4) is 0 Å². The van der Waals surface area contributed by atoms with Gasteiger partial charge >= 0.3 is 11.9 Å². The normalized spacial score (nSPS) is 12.5. The van der Waals surface area contributed by atoms with E-state index in [9.17, 15) is 14.7 Å². The van der Waals surface area contributed by atoms with E-state index in [1.807, 2.05) is 0 Å². The van der Waals surface area contributed by atoms with Crippen LogP contribution in [-0.2, 0) is 19.1 Å². The van der Waals surface area contributed by atoms with Gasteiger partial charge in [0.25, 0.3) is 0 Å². The van der Waals surface area contributed by atoms with Crippen LogP contribution in [0.5, 0.6) is 0 Å². The fourth-order valence-corrected chi connectivity index (χ4v) is 5.05. The van der Waals surface area contributed by atoms with Crippen molar-refractivity contribution in [2.75, 3.05) is 13.2 Å². The first kappa shape index (κ1) is 42.1. The van der Waals surface area contributed by atoms with Crippen molar-refractivity contribution in [3.05, 3.63) is 36.5 Å². The molecule has 5 heteroatoms. The molecule has 0 fully saturated rings. The first-order chi connectivity index (χ1) is 21.6. The lowest BCUT2D eigenvalue weighted by Crippen LogP contribution is -2.28. The maximum atomic E-state index is 12.1. The third-order valence-corrected chi connectivity index (χ3v) is 7.91. The van der Waals surface area contributed by atoms with Crippen molar-refractivity contribution in [2.24, 2.45) is 0 Å². The number of carbonyl (C=O) groups excluding carboxylic acids is 2. The Morgan fingerprint density at radius 2 is 0.909 bits per heavy atom. The highest BCUT2D eigenvalue weighted by Gasteiger charge is 2.16. The van der Waals surface area contributed by atoms with Crippen molar-refractivity contribution in [2.45, 2.75) is 187 Å². The first-order valence-corrected chi connectivity index (χ1v) is 18.5. The van der Waals surface area contributed by atoms with Gasteiger partial charge in [0.2, 0.25) is 0 Å². The second-order valence-electron chi connectivity index (χ2n) is 12.3. The van der Waals surface area contributed by atoms with E-state index in [0.29, 0.717) is 12.8 Å². The number of aliphatic hydroxyl groups excluding tert-OH is 1. The molecule has 0 saturated carbocycles. The minimum Gasteiger partial charge on any atom is -0.462 e. The van der Waals surface area contributed by atoms with E-state index in [4.69, 9.17) is 9.47 Å². The standard InChI is InChI=1S/C39H70O5/c1-3-5-7-9-11-13-15-17-19-20-22-24-26-28-30-32-34-39(42)44-37(35-40)36-43-38(41)33-31-29-27-25-23-21-18-16-14-12-10-8-6-4-2/h13,15-16,18-20,37,40H,3-12,14,17,21-36H2,1-2H3/b15-13-,18-16-,20-19-. The van der Waals surface area contributed by atoms with Gasteiger partial charge in [-0.15, -0.1) is 0 Å². The molecule has 0 spiro atoms. The summed E-state index contributed by atoms with van der Waals surface area (Å²) in [6.45, 7) is 4.08. The average molecular weight is 619 g/mol. The van der Waals surface area contributed by atoms with E-state index in [-0.39, 0.29) is 25.2 Å². The molecule has 256 valence electrons. The second kappa shape index (κ2) is 35.6. The summed E-state index contributed by atoms with van der Waals surface area (Å²) < 4.78 is 10.6. The number of hydrogen-bond donors (Lipinski definition) is 1. The third kappa shape index (κ3) is 33.0. The van der Waals surface area contributed by atoms with Gasteiger partial charge in [-0.25, -0.2) is 0 Å². The van der Waals surface area contributed by atoms with Gasteiger partial charge in [0, 0.05) is 12.8 Å². The molecule has 0 radical (unpaired) electrons. The van der Waals surface area contributed by atoms with Crippen molar-refractivity contribution < 1.29 is 24.2 Å². The van der Waals surface area contributed by atoms with Gasteiger partial charge in [0.15, 0.2) is 6.10 Å². The van der Waals surface area contributed by atoms with Crippen molar-refractivity contribution in [1.82, 2.24) is 0 Å². The fraction of sp³-hybridized carbons (Fsp3) is 0.795. The molecule has 44 heavy (non-hydrogen) atoms. The van der Waals surface area contributed by atoms with Gasteiger partial charge in [-0.05, 0) is 70.6 Å². The van der Waals surface area contributed by atoms with Crippen LogP contribution in [0, 0.1) is 0 Å². The highest BCUT2D eigenvalue weighted by atomic mass is 16.6. The quantitative estimate of drug-likeness (QED) is 0.0450. The number of unbranched alkanes of at least 4 members (excludes halogenated alkanes) is 19. The number of hydrogen-bond acceptors (Lipinski definition) is 5. The Hall–Kier alpha value is -1.88. The topological polar surface area (TPSA) is 72.8 Å². The summed E-state index contributed by atoms with van der Waals surface area (Å²) in [5, 5.41) is 9.53. The summed E-state index contributed by atoms with van der Waals surface area (Å²) in [7, 11) is 0. The van der Waals surface area contributed by atoms with Crippen LogP contribution in [0.25, 0.3) is 0 Å². The molecule has 0 amide bonds. The van der Waals surface area contributed by atoms with Crippen LogP contribution in [0.15, 0.2) is 36.5 Å². The van der Waals surface area contributed by atoms with Crippen LogP contribution in [0.2, 0.25) is 0 Å². The predicted molar refractivity (Wildman–Crippen MR) is 187 cm³/mol. The van der Waals surface area contributed by atoms with E-state index >= 15 is 0 Å². The Labute approximate surface area is 272 Å². The Balaban J connectivity index is 3.61. The summed E-state index contributed by atoms with van der Waals surface area (Å²) in [4.78, 5) is 24.2. The summed E-state index contributed by atoms with van der Waals surface area (Å²) in [6.07, 6.45) is 41.9. The minimum absolute atomic E-state index is 0.0751. The van der Waals surface area contributed by atoms with Gasteiger partial charge < -0.3 is 14.6 Å². The number of ether oxygens (including phenoxy) is 2. The zero-order valence-corrected chi connectivity index (χ0v) is 28.9. The lowest BCUT2D eigenvalue weighted by Gasteiger charge is -2.15. The third-order valence-electron chi connectivity index (χ3n) is 7.91.